The summed E-state index contributed by atoms with van der Waals surface area (Å²) in [4.78, 5) is 2.53. The third-order valence-electron chi connectivity index (χ3n) is 5.84. The molecule has 2 aliphatic rings. The molecule has 0 bridgehead atoms. The second-order valence-corrected chi connectivity index (χ2v) is 7.80. The van der Waals surface area contributed by atoms with Gasteiger partial charge in [-0.3, -0.25) is 4.90 Å². The van der Waals surface area contributed by atoms with E-state index in [-0.39, 0.29) is 18.5 Å². The molecule has 0 saturated carbocycles. The van der Waals surface area contributed by atoms with Crippen LogP contribution in [-0.2, 0) is 11.3 Å². The molecule has 5 heteroatoms. The van der Waals surface area contributed by atoms with Gasteiger partial charge in [0.15, 0.2) is 0 Å². The van der Waals surface area contributed by atoms with Gasteiger partial charge in [0.05, 0.1) is 6.10 Å². The van der Waals surface area contributed by atoms with Crippen LogP contribution in [0.15, 0.2) is 54.6 Å². The second-order valence-electron chi connectivity index (χ2n) is 7.80. The number of ether oxygens (including phenoxy) is 2. The molecule has 0 amide bonds. The third kappa shape index (κ3) is 5.26. The van der Waals surface area contributed by atoms with Gasteiger partial charge >= 0.3 is 0 Å². The number of likely N-dealkylation sites (tertiary alicyclic amines) is 1. The highest BCUT2D eigenvalue weighted by Gasteiger charge is 2.32. The van der Waals surface area contributed by atoms with Crippen molar-refractivity contribution in [2.45, 2.75) is 31.4 Å². The Labute approximate surface area is 174 Å². The first-order valence-electron chi connectivity index (χ1n) is 10.1. The highest BCUT2D eigenvalue weighted by atomic mass is 35.5. The molecule has 0 spiro atoms. The number of hydrogen-bond acceptors (Lipinski definition) is 4. The molecule has 4 nitrogen and oxygen atoms in total. The van der Waals surface area contributed by atoms with Gasteiger partial charge in [-0.2, -0.15) is 0 Å². The third-order valence-corrected chi connectivity index (χ3v) is 5.84. The van der Waals surface area contributed by atoms with Crippen LogP contribution in [-0.4, -0.2) is 43.9 Å². The van der Waals surface area contributed by atoms with Gasteiger partial charge in [0.2, 0.25) is 0 Å². The fourth-order valence-corrected chi connectivity index (χ4v) is 4.32. The summed E-state index contributed by atoms with van der Waals surface area (Å²) in [6, 6.07) is 19.3. The monoisotopic (exact) mass is 402 g/mol. The van der Waals surface area contributed by atoms with Crippen molar-refractivity contribution < 1.29 is 9.47 Å². The molecule has 0 aliphatic carbocycles. The lowest BCUT2D eigenvalue weighted by Crippen LogP contribution is -2.23. The Morgan fingerprint density at radius 2 is 1.82 bits per heavy atom. The molecule has 28 heavy (non-hydrogen) atoms. The number of nitrogens with zero attached hydrogens (tertiary/aromatic N) is 1. The van der Waals surface area contributed by atoms with E-state index in [2.05, 4.69) is 59.5 Å². The normalized spacial score (nSPS) is 24.8. The van der Waals surface area contributed by atoms with Crippen LogP contribution in [0.1, 0.15) is 29.9 Å². The molecule has 3 atom stereocenters. The Morgan fingerprint density at radius 3 is 2.50 bits per heavy atom. The topological polar surface area (TPSA) is 47.7 Å². The van der Waals surface area contributed by atoms with Gasteiger partial charge in [0.1, 0.15) is 12.4 Å². The lowest BCUT2D eigenvalue weighted by atomic mass is 9.89. The summed E-state index contributed by atoms with van der Waals surface area (Å²) in [5.41, 5.74) is 8.80. The Bertz CT molecular complexity index is 704. The zero-order chi connectivity index (χ0) is 18.5. The Morgan fingerprint density at radius 1 is 1.04 bits per heavy atom. The van der Waals surface area contributed by atoms with Gasteiger partial charge in [-0.1, -0.05) is 42.5 Å². The summed E-state index contributed by atoms with van der Waals surface area (Å²) in [7, 11) is 0. The van der Waals surface area contributed by atoms with Crippen LogP contribution >= 0.6 is 12.4 Å². The van der Waals surface area contributed by atoms with Crippen LogP contribution in [0.25, 0.3) is 0 Å². The van der Waals surface area contributed by atoms with E-state index in [9.17, 15) is 0 Å². The van der Waals surface area contributed by atoms with E-state index in [1.165, 1.54) is 11.1 Å². The highest BCUT2D eigenvalue weighted by molar-refractivity contribution is 5.85. The molecule has 0 aromatic heterocycles. The molecular formula is C23H31ClN2O2. The van der Waals surface area contributed by atoms with Gasteiger partial charge in [-0.15, -0.1) is 12.4 Å². The molecule has 2 aromatic carbocycles. The van der Waals surface area contributed by atoms with E-state index in [1.807, 2.05) is 0 Å². The first-order chi connectivity index (χ1) is 13.3. The van der Waals surface area contributed by atoms with E-state index < -0.39 is 0 Å². The summed E-state index contributed by atoms with van der Waals surface area (Å²) in [5.74, 6) is 1.99. The van der Waals surface area contributed by atoms with E-state index >= 15 is 0 Å². The van der Waals surface area contributed by atoms with Crippen LogP contribution in [0.5, 0.6) is 5.75 Å². The first kappa shape index (κ1) is 21.1. The summed E-state index contributed by atoms with van der Waals surface area (Å²) >= 11 is 0. The molecular weight excluding hydrogens is 372 g/mol. The summed E-state index contributed by atoms with van der Waals surface area (Å²) < 4.78 is 11.5. The lowest BCUT2D eigenvalue weighted by Gasteiger charge is -2.17. The predicted molar refractivity (Wildman–Crippen MR) is 115 cm³/mol. The SMILES string of the molecule is Cl.NC[C@@H]1CN(Cc2ccc(OCC3CCCO3)cc2)C[C@H]1c1ccccc1. The Balaban J connectivity index is 0.00000225. The maximum absolute atomic E-state index is 6.07. The number of nitrogens with two attached hydrogens (primary N) is 1. The zero-order valence-corrected chi connectivity index (χ0v) is 17.2. The van der Waals surface area contributed by atoms with E-state index in [0.29, 0.717) is 18.4 Å². The van der Waals surface area contributed by atoms with Crippen molar-refractivity contribution in [3.8, 4) is 5.75 Å². The molecule has 2 aromatic rings. The molecule has 2 fully saturated rings. The van der Waals surface area contributed by atoms with Crippen LogP contribution in [0.2, 0.25) is 0 Å². The van der Waals surface area contributed by atoms with Crippen molar-refractivity contribution in [3.63, 3.8) is 0 Å². The van der Waals surface area contributed by atoms with Crippen LogP contribution in [0.3, 0.4) is 0 Å². The largest absolute Gasteiger partial charge is 0.491 e. The summed E-state index contributed by atoms with van der Waals surface area (Å²) in [5, 5.41) is 0. The fourth-order valence-electron chi connectivity index (χ4n) is 4.32. The maximum atomic E-state index is 6.07. The van der Waals surface area contributed by atoms with Crippen molar-refractivity contribution >= 4 is 12.4 Å². The van der Waals surface area contributed by atoms with E-state index in [4.69, 9.17) is 15.2 Å². The number of halogens is 1. The Hall–Kier alpha value is -1.59. The van der Waals surface area contributed by atoms with Crippen LogP contribution < -0.4 is 10.5 Å². The van der Waals surface area contributed by atoms with Gasteiger partial charge in [0, 0.05) is 32.2 Å². The van der Waals surface area contributed by atoms with Crippen molar-refractivity contribution in [2.75, 3.05) is 32.8 Å². The number of rotatable bonds is 7. The fraction of sp³-hybridized carbons (Fsp3) is 0.478. The van der Waals surface area contributed by atoms with Crippen LogP contribution in [0, 0.1) is 5.92 Å². The van der Waals surface area contributed by atoms with E-state index in [0.717, 1.165) is 51.4 Å². The highest BCUT2D eigenvalue weighted by Crippen LogP contribution is 2.33. The minimum atomic E-state index is 0. The molecule has 1 unspecified atom stereocenters. The first-order valence-corrected chi connectivity index (χ1v) is 10.1. The van der Waals surface area contributed by atoms with Crippen molar-refractivity contribution in [2.24, 2.45) is 11.7 Å². The minimum absolute atomic E-state index is 0. The van der Waals surface area contributed by atoms with Gasteiger partial charge in [0.25, 0.3) is 0 Å². The van der Waals surface area contributed by atoms with E-state index in [1.54, 1.807) is 0 Å². The number of hydrogen-bond donors (Lipinski definition) is 1. The minimum Gasteiger partial charge on any atom is -0.491 e. The van der Waals surface area contributed by atoms with Gasteiger partial charge < -0.3 is 15.2 Å². The molecule has 2 N–H and O–H groups in total. The average Bonchev–Trinajstić information content (AvgIpc) is 3.38. The van der Waals surface area contributed by atoms with Crippen molar-refractivity contribution in [1.29, 1.82) is 0 Å². The predicted octanol–water partition coefficient (Wildman–Crippen LogP) is 3.84. The quantitative estimate of drug-likeness (QED) is 0.764. The van der Waals surface area contributed by atoms with Crippen molar-refractivity contribution in [3.05, 3.63) is 65.7 Å². The second kappa shape index (κ2) is 10.3. The van der Waals surface area contributed by atoms with Gasteiger partial charge in [-0.05, 0) is 48.6 Å². The molecule has 2 heterocycles. The smallest absolute Gasteiger partial charge is 0.119 e. The van der Waals surface area contributed by atoms with Gasteiger partial charge in [-0.25, -0.2) is 0 Å². The average molecular weight is 403 g/mol. The molecule has 4 rings (SSSR count). The molecule has 2 aliphatic heterocycles. The lowest BCUT2D eigenvalue weighted by molar-refractivity contribution is 0.0679. The Kier molecular flexibility index (Phi) is 7.74. The molecule has 2 saturated heterocycles. The number of benzene rings is 2. The zero-order valence-electron chi connectivity index (χ0n) is 16.3. The molecule has 152 valence electrons. The molecule has 0 radical (unpaired) electrons. The van der Waals surface area contributed by atoms with Crippen molar-refractivity contribution in [1.82, 2.24) is 4.90 Å². The van der Waals surface area contributed by atoms with Crippen LogP contribution in [0.4, 0.5) is 0 Å². The summed E-state index contributed by atoms with van der Waals surface area (Å²) in [6.45, 7) is 5.37. The standard InChI is InChI=1S/C23H30N2O2.ClH/c24-13-20-15-25(16-23(20)19-5-2-1-3-6-19)14-18-8-10-21(11-9-18)27-17-22-7-4-12-26-22;/h1-3,5-6,8-11,20,22-23H,4,7,12-17,24H2;1H/t20-,22?,23+;/m1./s1. The maximum Gasteiger partial charge on any atom is 0.119 e. The summed E-state index contributed by atoms with van der Waals surface area (Å²) in [6.07, 6.45) is 2.52.